The minimum absolute atomic E-state index is 0.127. The van der Waals surface area contributed by atoms with Gasteiger partial charge in [0.05, 0.1) is 12.2 Å². The standard InChI is InChI=1S/C19H21N3O2/c1-2-14-6-8-16(9-7-14)22-12-10-17(19(22)24)18(23)21-13-15-5-3-4-11-20-15/h3-9,11,17H,2,10,12-13H2,1H3,(H,21,23). The molecule has 1 unspecified atom stereocenters. The molecule has 124 valence electrons. The minimum Gasteiger partial charge on any atom is -0.350 e. The van der Waals surface area contributed by atoms with Gasteiger partial charge in [-0.05, 0) is 42.7 Å². The highest BCUT2D eigenvalue weighted by atomic mass is 16.2. The zero-order chi connectivity index (χ0) is 16.9. The third-order valence-electron chi connectivity index (χ3n) is 4.35. The highest BCUT2D eigenvalue weighted by Crippen LogP contribution is 2.25. The number of hydrogen-bond donors (Lipinski definition) is 1. The SMILES string of the molecule is CCc1ccc(N2CCC(C(=O)NCc3ccccn3)C2=O)cc1. The number of carbonyl (C=O) groups excluding carboxylic acids is 2. The van der Waals surface area contributed by atoms with E-state index in [1.807, 2.05) is 42.5 Å². The van der Waals surface area contributed by atoms with E-state index in [-0.39, 0.29) is 11.8 Å². The van der Waals surface area contributed by atoms with Gasteiger partial charge in [0.25, 0.3) is 0 Å². The molecule has 1 aromatic heterocycles. The quantitative estimate of drug-likeness (QED) is 0.859. The van der Waals surface area contributed by atoms with Crippen LogP contribution < -0.4 is 10.2 Å². The predicted molar refractivity (Wildman–Crippen MR) is 92.4 cm³/mol. The number of carbonyl (C=O) groups is 2. The number of amides is 2. The Morgan fingerprint density at radius 2 is 2.04 bits per heavy atom. The Morgan fingerprint density at radius 1 is 1.25 bits per heavy atom. The fraction of sp³-hybridized carbons (Fsp3) is 0.316. The van der Waals surface area contributed by atoms with Crippen LogP contribution in [0.15, 0.2) is 48.7 Å². The molecule has 1 atom stereocenters. The molecule has 1 aliphatic heterocycles. The van der Waals surface area contributed by atoms with E-state index in [0.29, 0.717) is 19.5 Å². The Kier molecular flexibility index (Phi) is 4.89. The third kappa shape index (κ3) is 3.45. The van der Waals surface area contributed by atoms with Crippen LogP contribution in [0.3, 0.4) is 0 Å². The number of nitrogens with zero attached hydrogens (tertiary/aromatic N) is 2. The van der Waals surface area contributed by atoms with Crippen molar-refractivity contribution in [2.45, 2.75) is 26.3 Å². The first-order chi connectivity index (χ1) is 11.7. The monoisotopic (exact) mass is 323 g/mol. The van der Waals surface area contributed by atoms with Crippen molar-refractivity contribution in [3.8, 4) is 0 Å². The van der Waals surface area contributed by atoms with Gasteiger partial charge in [0.2, 0.25) is 11.8 Å². The fourth-order valence-electron chi connectivity index (χ4n) is 2.89. The first-order valence-electron chi connectivity index (χ1n) is 8.27. The highest BCUT2D eigenvalue weighted by molar-refractivity contribution is 6.09. The van der Waals surface area contributed by atoms with E-state index in [9.17, 15) is 9.59 Å². The summed E-state index contributed by atoms with van der Waals surface area (Å²) in [5, 5.41) is 2.81. The Morgan fingerprint density at radius 3 is 2.71 bits per heavy atom. The van der Waals surface area contributed by atoms with Crippen molar-refractivity contribution < 1.29 is 9.59 Å². The van der Waals surface area contributed by atoms with Gasteiger partial charge in [-0.15, -0.1) is 0 Å². The van der Waals surface area contributed by atoms with Gasteiger partial charge in [0.1, 0.15) is 5.92 Å². The van der Waals surface area contributed by atoms with E-state index in [0.717, 1.165) is 17.8 Å². The van der Waals surface area contributed by atoms with E-state index in [1.165, 1.54) is 5.56 Å². The molecule has 2 amide bonds. The van der Waals surface area contributed by atoms with Crippen LogP contribution in [0.5, 0.6) is 0 Å². The lowest BCUT2D eigenvalue weighted by Gasteiger charge is -2.17. The fourth-order valence-corrected chi connectivity index (χ4v) is 2.89. The van der Waals surface area contributed by atoms with Crippen LogP contribution in [0.2, 0.25) is 0 Å². The maximum absolute atomic E-state index is 12.6. The van der Waals surface area contributed by atoms with Gasteiger partial charge in [0.15, 0.2) is 0 Å². The molecule has 1 fully saturated rings. The molecule has 1 aromatic carbocycles. The summed E-state index contributed by atoms with van der Waals surface area (Å²) < 4.78 is 0. The number of benzene rings is 1. The van der Waals surface area contributed by atoms with Crippen molar-refractivity contribution in [2.24, 2.45) is 5.92 Å². The van der Waals surface area contributed by atoms with Crippen LogP contribution >= 0.6 is 0 Å². The lowest BCUT2D eigenvalue weighted by Crippen LogP contribution is -2.36. The summed E-state index contributed by atoms with van der Waals surface area (Å²) in [7, 11) is 0. The molecule has 0 saturated carbocycles. The Hall–Kier alpha value is -2.69. The van der Waals surface area contributed by atoms with Crippen molar-refractivity contribution in [1.29, 1.82) is 0 Å². The molecular weight excluding hydrogens is 302 g/mol. The van der Waals surface area contributed by atoms with E-state index in [2.05, 4.69) is 17.2 Å². The van der Waals surface area contributed by atoms with E-state index < -0.39 is 5.92 Å². The van der Waals surface area contributed by atoms with Crippen LogP contribution in [0.25, 0.3) is 0 Å². The average molecular weight is 323 g/mol. The summed E-state index contributed by atoms with van der Waals surface area (Å²) in [6.45, 7) is 3.01. The molecule has 2 aromatic rings. The highest BCUT2D eigenvalue weighted by Gasteiger charge is 2.37. The Balaban J connectivity index is 1.61. The van der Waals surface area contributed by atoms with Crippen LogP contribution in [-0.2, 0) is 22.6 Å². The molecule has 0 radical (unpaired) electrons. The number of rotatable bonds is 5. The second kappa shape index (κ2) is 7.25. The largest absolute Gasteiger partial charge is 0.350 e. The van der Waals surface area contributed by atoms with Crippen LogP contribution in [0.4, 0.5) is 5.69 Å². The number of anilines is 1. The third-order valence-corrected chi connectivity index (χ3v) is 4.35. The molecule has 2 heterocycles. The molecule has 1 saturated heterocycles. The van der Waals surface area contributed by atoms with E-state index >= 15 is 0 Å². The van der Waals surface area contributed by atoms with Gasteiger partial charge in [-0.25, -0.2) is 0 Å². The minimum atomic E-state index is -0.612. The summed E-state index contributed by atoms with van der Waals surface area (Å²) in [6.07, 6.45) is 3.19. The van der Waals surface area contributed by atoms with E-state index in [4.69, 9.17) is 0 Å². The number of nitrogens with one attached hydrogen (secondary N) is 1. The summed E-state index contributed by atoms with van der Waals surface area (Å²) in [5.74, 6) is -0.962. The van der Waals surface area contributed by atoms with Crippen molar-refractivity contribution in [2.75, 3.05) is 11.4 Å². The van der Waals surface area contributed by atoms with Crippen LogP contribution in [-0.4, -0.2) is 23.3 Å². The molecule has 0 aliphatic carbocycles. The van der Waals surface area contributed by atoms with Gasteiger partial charge >= 0.3 is 0 Å². The van der Waals surface area contributed by atoms with Gasteiger partial charge in [-0.1, -0.05) is 25.1 Å². The molecule has 24 heavy (non-hydrogen) atoms. The summed E-state index contributed by atoms with van der Waals surface area (Å²) in [4.78, 5) is 30.7. The lowest BCUT2D eigenvalue weighted by atomic mass is 10.1. The first-order valence-corrected chi connectivity index (χ1v) is 8.27. The van der Waals surface area contributed by atoms with Crippen molar-refractivity contribution >= 4 is 17.5 Å². The maximum Gasteiger partial charge on any atom is 0.239 e. The summed E-state index contributed by atoms with van der Waals surface area (Å²) in [5.41, 5.74) is 2.87. The first kappa shape index (κ1) is 16.2. The molecule has 0 spiro atoms. The second-order valence-corrected chi connectivity index (χ2v) is 5.89. The van der Waals surface area contributed by atoms with Crippen molar-refractivity contribution in [3.05, 3.63) is 59.9 Å². The molecule has 5 nitrogen and oxygen atoms in total. The zero-order valence-corrected chi connectivity index (χ0v) is 13.7. The second-order valence-electron chi connectivity index (χ2n) is 5.89. The smallest absolute Gasteiger partial charge is 0.239 e. The normalized spacial score (nSPS) is 17.1. The molecule has 0 bridgehead atoms. The number of aromatic nitrogens is 1. The van der Waals surface area contributed by atoms with Gasteiger partial charge in [-0.2, -0.15) is 0 Å². The van der Waals surface area contributed by atoms with Crippen molar-refractivity contribution in [3.63, 3.8) is 0 Å². The zero-order valence-electron chi connectivity index (χ0n) is 13.7. The lowest BCUT2D eigenvalue weighted by molar-refractivity contribution is -0.132. The van der Waals surface area contributed by atoms with E-state index in [1.54, 1.807) is 11.1 Å². The van der Waals surface area contributed by atoms with Gasteiger partial charge in [-0.3, -0.25) is 14.6 Å². The molecule has 3 rings (SSSR count). The van der Waals surface area contributed by atoms with Gasteiger partial charge in [0, 0.05) is 18.4 Å². The van der Waals surface area contributed by atoms with Gasteiger partial charge < -0.3 is 10.2 Å². The van der Waals surface area contributed by atoms with Crippen molar-refractivity contribution in [1.82, 2.24) is 10.3 Å². The number of aryl methyl sites for hydroxylation is 1. The predicted octanol–water partition coefficient (Wildman–Crippen LogP) is 2.31. The molecule has 1 N–H and O–H groups in total. The molecule has 1 aliphatic rings. The Labute approximate surface area is 141 Å². The topological polar surface area (TPSA) is 62.3 Å². The summed E-state index contributed by atoms with van der Waals surface area (Å²) in [6, 6.07) is 13.5. The molecular formula is C19H21N3O2. The summed E-state index contributed by atoms with van der Waals surface area (Å²) >= 11 is 0. The number of pyridine rings is 1. The molecule has 5 heteroatoms. The van der Waals surface area contributed by atoms with Crippen LogP contribution in [0.1, 0.15) is 24.6 Å². The Bertz CT molecular complexity index is 713. The number of hydrogen-bond acceptors (Lipinski definition) is 3. The van der Waals surface area contributed by atoms with Crippen LogP contribution in [0, 0.1) is 5.92 Å². The average Bonchev–Trinajstić information content (AvgIpc) is 3.02. The maximum atomic E-state index is 12.6.